The lowest BCUT2D eigenvalue weighted by Crippen LogP contribution is -2.32. The van der Waals surface area contributed by atoms with Crippen LogP contribution in [0.5, 0.6) is 5.75 Å². The van der Waals surface area contributed by atoms with Crippen LogP contribution in [0.15, 0.2) is 48.5 Å². The van der Waals surface area contributed by atoms with Gasteiger partial charge >= 0.3 is 0 Å². The van der Waals surface area contributed by atoms with Crippen molar-refractivity contribution < 1.29 is 14.3 Å². The molecule has 6 nitrogen and oxygen atoms in total. The number of amides is 2. The maximum Gasteiger partial charge on any atom is 0.253 e. The van der Waals surface area contributed by atoms with Gasteiger partial charge in [-0.1, -0.05) is 37.3 Å². The summed E-state index contributed by atoms with van der Waals surface area (Å²) in [7, 11) is 1.54. The number of anilines is 1. The quantitative estimate of drug-likeness (QED) is 0.661. The van der Waals surface area contributed by atoms with E-state index in [4.69, 9.17) is 10.5 Å². The van der Waals surface area contributed by atoms with Crippen molar-refractivity contribution in [3.8, 4) is 5.75 Å². The highest BCUT2D eigenvalue weighted by Gasteiger charge is 2.27. The molecule has 150 valence electrons. The molecule has 3 rings (SSSR count). The maximum atomic E-state index is 12.7. The zero-order valence-corrected chi connectivity index (χ0v) is 16.8. The number of carbonyl (C=O) groups is 2. The summed E-state index contributed by atoms with van der Waals surface area (Å²) in [4.78, 5) is 25.3. The molecule has 2 amide bonds. The van der Waals surface area contributed by atoms with Crippen LogP contribution < -0.4 is 21.1 Å². The fourth-order valence-electron chi connectivity index (χ4n) is 2.81. The van der Waals surface area contributed by atoms with Gasteiger partial charge in [-0.25, -0.2) is 0 Å². The highest BCUT2D eigenvalue weighted by molar-refractivity contribution is 6.04. The summed E-state index contributed by atoms with van der Waals surface area (Å²) in [6, 6.07) is 14.3. The van der Waals surface area contributed by atoms with Crippen LogP contribution in [0.2, 0.25) is 0 Å². The second-order valence-electron chi connectivity index (χ2n) is 6.87. The van der Waals surface area contributed by atoms with E-state index in [9.17, 15) is 9.59 Å². The highest BCUT2D eigenvalue weighted by Crippen LogP contribution is 2.26. The molecule has 2 unspecified atom stereocenters. The molecule has 28 heavy (non-hydrogen) atoms. The Bertz CT molecular complexity index is 825. The molecule has 7 heteroatoms. The average Bonchev–Trinajstić information content (AvgIpc) is 3.51. The van der Waals surface area contributed by atoms with Crippen LogP contribution in [0.3, 0.4) is 0 Å². The van der Waals surface area contributed by atoms with E-state index in [0.717, 1.165) is 18.4 Å². The van der Waals surface area contributed by atoms with Gasteiger partial charge in [0.25, 0.3) is 5.91 Å². The average molecular weight is 404 g/mol. The third-order valence-electron chi connectivity index (χ3n) is 4.78. The first-order valence-corrected chi connectivity index (χ1v) is 9.10. The van der Waals surface area contributed by atoms with Crippen LogP contribution >= 0.6 is 12.4 Å². The molecular formula is C21H26ClN3O3. The molecule has 0 bridgehead atoms. The Hall–Kier alpha value is -2.57. The summed E-state index contributed by atoms with van der Waals surface area (Å²) in [5.74, 6) is -0.361. The first kappa shape index (κ1) is 21.7. The van der Waals surface area contributed by atoms with E-state index in [1.54, 1.807) is 25.1 Å². The Morgan fingerprint density at radius 3 is 2.43 bits per heavy atom. The zero-order chi connectivity index (χ0) is 19.4. The zero-order valence-electron chi connectivity index (χ0n) is 16.0. The Balaban J connectivity index is 0.00000280. The predicted molar refractivity (Wildman–Crippen MR) is 112 cm³/mol. The van der Waals surface area contributed by atoms with Gasteiger partial charge in [-0.15, -0.1) is 12.4 Å². The number of methoxy groups -OCH3 is 1. The fourth-order valence-corrected chi connectivity index (χ4v) is 2.81. The minimum absolute atomic E-state index is 0. The molecule has 0 aliphatic heterocycles. The molecule has 1 aliphatic carbocycles. The van der Waals surface area contributed by atoms with Gasteiger partial charge in [-0.3, -0.25) is 9.59 Å². The van der Waals surface area contributed by atoms with Gasteiger partial charge < -0.3 is 21.1 Å². The smallest absolute Gasteiger partial charge is 0.253 e. The molecule has 2 atom stereocenters. The maximum absolute atomic E-state index is 12.7. The Morgan fingerprint density at radius 2 is 1.82 bits per heavy atom. The molecular weight excluding hydrogens is 378 g/mol. The van der Waals surface area contributed by atoms with Crippen molar-refractivity contribution in [3.63, 3.8) is 0 Å². The Morgan fingerprint density at radius 1 is 1.14 bits per heavy atom. The van der Waals surface area contributed by atoms with Crippen LogP contribution in [0.4, 0.5) is 5.69 Å². The van der Waals surface area contributed by atoms with E-state index in [-0.39, 0.29) is 30.3 Å². The van der Waals surface area contributed by atoms with E-state index in [1.807, 2.05) is 30.3 Å². The first-order chi connectivity index (χ1) is 13.0. The van der Waals surface area contributed by atoms with Gasteiger partial charge in [-0.2, -0.15) is 0 Å². The summed E-state index contributed by atoms with van der Waals surface area (Å²) in [6.07, 6.45) is 1.97. The Labute approximate surface area is 171 Å². The van der Waals surface area contributed by atoms with Gasteiger partial charge in [0.2, 0.25) is 5.91 Å². The SMILES string of the molecule is COc1ccc(NC(=O)C(C)C(N)c2ccccc2)c(C(=O)NC2CC2)c1.Cl. The predicted octanol–water partition coefficient (Wildman–Crippen LogP) is 3.28. The van der Waals surface area contributed by atoms with Crippen LogP contribution in [-0.2, 0) is 4.79 Å². The largest absolute Gasteiger partial charge is 0.497 e. The van der Waals surface area contributed by atoms with Crippen molar-refractivity contribution in [1.82, 2.24) is 5.32 Å². The molecule has 1 fully saturated rings. The molecule has 2 aromatic rings. The third-order valence-corrected chi connectivity index (χ3v) is 4.78. The third kappa shape index (κ3) is 5.24. The van der Waals surface area contributed by atoms with E-state index in [1.165, 1.54) is 7.11 Å². The summed E-state index contributed by atoms with van der Waals surface area (Å²) < 4.78 is 5.22. The van der Waals surface area contributed by atoms with Crippen molar-refractivity contribution in [1.29, 1.82) is 0 Å². The molecule has 0 saturated heterocycles. The summed E-state index contributed by atoms with van der Waals surface area (Å²) in [5.41, 5.74) is 7.98. The van der Waals surface area contributed by atoms with E-state index in [0.29, 0.717) is 17.0 Å². The highest BCUT2D eigenvalue weighted by atomic mass is 35.5. The summed E-state index contributed by atoms with van der Waals surface area (Å²) in [5, 5.41) is 5.79. The number of hydrogen-bond donors (Lipinski definition) is 3. The number of rotatable bonds is 7. The molecule has 0 heterocycles. The van der Waals surface area contributed by atoms with Crippen LogP contribution in [0.1, 0.15) is 41.7 Å². The number of nitrogens with two attached hydrogens (primary N) is 1. The molecule has 0 radical (unpaired) electrons. The van der Waals surface area contributed by atoms with Gasteiger partial charge in [0.15, 0.2) is 0 Å². The molecule has 2 aromatic carbocycles. The first-order valence-electron chi connectivity index (χ1n) is 9.10. The minimum Gasteiger partial charge on any atom is -0.497 e. The van der Waals surface area contributed by atoms with Crippen molar-refractivity contribution in [2.75, 3.05) is 12.4 Å². The molecule has 0 aromatic heterocycles. The lowest BCUT2D eigenvalue weighted by molar-refractivity contribution is -0.120. The normalized spacial score (nSPS) is 15.0. The van der Waals surface area contributed by atoms with Crippen LogP contribution in [0.25, 0.3) is 0 Å². The lowest BCUT2D eigenvalue weighted by Gasteiger charge is -2.21. The van der Waals surface area contributed by atoms with Crippen molar-refractivity contribution >= 4 is 29.9 Å². The number of nitrogens with one attached hydrogen (secondary N) is 2. The second kappa shape index (κ2) is 9.57. The van der Waals surface area contributed by atoms with Crippen LogP contribution in [0, 0.1) is 5.92 Å². The van der Waals surface area contributed by atoms with Gasteiger partial charge in [-0.05, 0) is 36.6 Å². The number of halogens is 1. The van der Waals surface area contributed by atoms with Crippen molar-refractivity contribution in [3.05, 3.63) is 59.7 Å². The number of hydrogen-bond acceptors (Lipinski definition) is 4. The molecule has 4 N–H and O–H groups in total. The van der Waals surface area contributed by atoms with Crippen molar-refractivity contribution in [2.45, 2.75) is 31.8 Å². The van der Waals surface area contributed by atoms with Gasteiger partial charge in [0.05, 0.1) is 24.3 Å². The topological polar surface area (TPSA) is 93.4 Å². The molecule has 1 saturated carbocycles. The standard InChI is InChI=1S/C21H25N3O3.ClH/c1-13(19(22)14-6-4-3-5-7-14)20(25)24-18-11-10-16(27-2)12-17(18)21(26)23-15-8-9-15;/h3-7,10-13,15,19H,8-9,22H2,1-2H3,(H,23,26)(H,24,25);1H. The van der Waals surface area contributed by atoms with E-state index in [2.05, 4.69) is 10.6 Å². The number of benzene rings is 2. The number of carbonyl (C=O) groups excluding carboxylic acids is 2. The second-order valence-corrected chi connectivity index (χ2v) is 6.87. The van der Waals surface area contributed by atoms with Gasteiger partial charge in [0, 0.05) is 12.1 Å². The summed E-state index contributed by atoms with van der Waals surface area (Å²) in [6.45, 7) is 1.78. The van der Waals surface area contributed by atoms with E-state index >= 15 is 0 Å². The Kier molecular flexibility index (Phi) is 7.43. The lowest BCUT2D eigenvalue weighted by atomic mass is 9.94. The fraction of sp³-hybridized carbons (Fsp3) is 0.333. The monoisotopic (exact) mass is 403 g/mol. The van der Waals surface area contributed by atoms with Crippen LogP contribution in [-0.4, -0.2) is 25.0 Å². The number of ether oxygens (including phenoxy) is 1. The minimum atomic E-state index is -0.464. The summed E-state index contributed by atoms with van der Waals surface area (Å²) >= 11 is 0. The van der Waals surface area contributed by atoms with Gasteiger partial charge in [0.1, 0.15) is 5.75 Å². The molecule has 1 aliphatic rings. The van der Waals surface area contributed by atoms with E-state index < -0.39 is 12.0 Å². The van der Waals surface area contributed by atoms with Crippen molar-refractivity contribution in [2.24, 2.45) is 11.7 Å². The molecule has 0 spiro atoms.